The van der Waals surface area contributed by atoms with E-state index in [0.717, 1.165) is 19.3 Å². The Bertz CT molecular complexity index is 109. The lowest BCUT2D eigenvalue weighted by atomic mass is 10.1. The molecular formula is C18H39O. The second-order valence-electron chi connectivity index (χ2n) is 4.94. The van der Waals surface area contributed by atoms with Crippen LogP contribution in [0.3, 0.4) is 0 Å². The predicted octanol–water partition coefficient (Wildman–Crippen LogP) is 6.95. The lowest BCUT2D eigenvalue weighted by Gasteiger charge is -1.97. The van der Waals surface area contributed by atoms with E-state index < -0.39 is 0 Å². The summed E-state index contributed by atoms with van der Waals surface area (Å²) in [7, 11) is 0. The van der Waals surface area contributed by atoms with Gasteiger partial charge in [-0.1, -0.05) is 91.1 Å². The van der Waals surface area contributed by atoms with Gasteiger partial charge in [0.05, 0.1) is 6.61 Å². The molecule has 19 heavy (non-hydrogen) atoms. The molecule has 0 aromatic heterocycles. The first-order chi connectivity index (χ1) is 9.24. The maximum absolute atomic E-state index is 9.69. The minimum atomic E-state index is 0.105. The first kappa shape index (κ1) is 23.8. The third kappa shape index (κ3) is 46.4. The van der Waals surface area contributed by atoms with Crippen LogP contribution < -0.4 is 0 Å². The topological polar surface area (TPSA) is 19.9 Å². The first-order valence-electron chi connectivity index (χ1n) is 8.40. The van der Waals surface area contributed by atoms with E-state index >= 15 is 0 Å². The molecule has 0 saturated carbocycles. The van der Waals surface area contributed by atoms with E-state index in [0.29, 0.717) is 0 Å². The van der Waals surface area contributed by atoms with Gasteiger partial charge in [-0.05, 0) is 13.3 Å². The highest BCUT2D eigenvalue weighted by atomic mass is 16.2. The molecule has 0 bridgehead atoms. The molecule has 1 nitrogen and oxygen atoms in total. The summed E-state index contributed by atoms with van der Waals surface area (Å²) in [6.45, 7) is 12.0. The first-order valence-corrected chi connectivity index (χ1v) is 8.40. The summed E-state index contributed by atoms with van der Waals surface area (Å²) in [6, 6.07) is 0. The quantitative estimate of drug-likeness (QED) is 0.303. The minimum absolute atomic E-state index is 0.105. The van der Waals surface area contributed by atoms with Crippen LogP contribution in [-0.2, 0) is 5.11 Å². The normalized spacial score (nSPS) is 8.89. The molecule has 0 unspecified atom stereocenters. The van der Waals surface area contributed by atoms with Crippen LogP contribution >= 0.6 is 0 Å². The third-order valence-electron chi connectivity index (χ3n) is 2.70. The summed E-state index contributed by atoms with van der Waals surface area (Å²) in [5.74, 6) is 0. The minimum Gasteiger partial charge on any atom is -0.237 e. The highest BCUT2D eigenvalue weighted by Gasteiger charge is 1.87. The van der Waals surface area contributed by atoms with E-state index in [1.807, 2.05) is 6.92 Å². The van der Waals surface area contributed by atoms with E-state index in [1.54, 1.807) is 6.08 Å². The van der Waals surface area contributed by atoms with Crippen molar-refractivity contribution in [3.8, 4) is 0 Å². The Morgan fingerprint density at radius 2 is 0.947 bits per heavy atom. The van der Waals surface area contributed by atoms with Gasteiger partial charge >= 0.3 is 0 Å². The second-order valence-corrected chi connectivity index (χ2v) is 4.94. The highest BCUT2D eigenvalue weighted by Crippen LogP contribution is 2.07. The van der Waals surface area contributed by atoms with Crippen LogP contribution in [0.1, 0.15) is 98.3 Å². The molecule has 0 atom stereocenters. The summed E-state index contributed by atoms with van der Waals surface area (Å²) >= 11 is 0. The average Bonchev–Trinajstić information content (AvgIpc) is 2.42. The van der Waals surface area contributed by atoms with Crippen LogP contribution in [0.25, 0.3) is 0 Å². The smallest absolute Gasteiger partial charge is 0.0822 e. The van der Waals surface area contributed by atoms with Gasteiger partial charge in [0.15, 0.2) is 0 Å². The summed E-state index contributed by atoms with van der Waals surface area (Å²) in [4.78, 5) is 0. The van der Waals surface area contributed by atoms with Crippen LogP contribution in [0.4, 0.5) is 0 Å². The predicted molar refractivity (Wildman–Crippen MR) is 89.2 cm³/mol. The maximum atomic E-state index is 9.69. The fraction of sp³-hybridized carbons (Fsp3) is 0.889. The van der Waals surface area contributed by atoms with E-state index in [9.17, 15) is 5.11 Å². The maximum Gasteiger partial charge on any atom is 0.0822 e. The molecule has 0 rings (SSSR count). The molecule has 0 aliphatic heterocycles. The van der Waals surface area contributed by atoms with Crippen molar-refractivity contribution in [2.45, 2.75) is 98.3 Å². The van der Waals surface area contributed by atoms with E-state index in [-0.39, 0.29) is 6.61 Å². The van der Waals surface area contributed by atoms with Crippen LogP contribution in [0.15, 0.2) is 12.7 Å². The monoisotopic (exact) mass is 271 g/mol. The van der Waals surface area contributed by atoms with Crippen molar-refractivity contribution in [2.24, 2.45) is 0 Å². The Morgan fingerprint density at radius 3 is 1.16 bits per heavy atom. The molecule has 0 heterocycles. The molecule has 0 spiro atoms. The third-order valence-corrected chi connectivity index (χ3v) is 2.70. The molecule has 1 radical (unpaired) electrons. The number of hydrogen-bond acceptors (Lipinski definition) is 0. The fourth-order valence-corrected chi connectivity index (χ4v) is 1.56. The fourth-order valence-electron chi connectivity index (χ4n) is 1.56. The van der Waals surface area contributed by atoms with Crippen LogP contribution in [0.5, 0.6) is 0 Å². The molecule has 0 N–H and O–H groups in total. The van der Waals surface area contributed by atoms with Crippen molar-refractivity contribution in [1.82, 2.24) is 0 Å². The van der Waals surface area contributed by atoms with Gasteiger partial charge in [-0.25, -0.2) is 5.11 Å². The Labute approximate surface area is 123 Å². The zero-order chi connectivity index (χ0) is 15.2. The Hall–Kier alpha value is -0.300. The number of unbranched alkanes of at least 4 members (excludes halogenated alkanes) is 9. The Morgan fingerprint density at radius 1 is 0.684 bits per heavy atom. The largest absolute Gasteiger partial charge is 0.237 e. The van der Waals surface area contributed by atoms with Crippen molar-refractivity contribution in [3.05, 3.63) is 12.7 Å². The summed E-state index contributed by atoms with van der Waals surface area (Å²) in [5.41, 5.74) is 0. The van der Waals surface area contributed by atoms with Crippen molar-refractivity contribution in [2.75, 3.05) is 6.61 Å². The summed E-state index contributed by atoms with van der Waals surface area (Å²) in [5, 5.41) is 9.69. The Balaban J connectivity index is -0.000000242. The molecule has 0 aliphatic carbocycles. The van der Waals surface area contributed by atoms with Crippen LogP contribution in [-0.4, -0.2) is 6.61 Å². The average molecular weight is 272 g/mol. The van der Waals surface area contributed by atoms with Crippen molar-refractivity contribution >= 4 is 0 Å². The zero-order valence-electron chi connectivity index (χ0n) is 14.2. The molecule has 0 amide bonds. The lowest BCUT2D eigenvalue weighted by Crippen LogP contribution is -1.77. The van der Waals surface area contributed by atoms with E-state index in [1.165, 1.54) is 51.4 Å². The number of allylic oxidation sites excluding steroid dienone is 1. The SMILES string of the molecule is C=CC.CCCCCCCCCC.CCCCC[O]. The van der Waals surface area contributed by atoms with E-state index in [2.05, 4.69) is 27.4 Å². The molecule has 117 valence electrons. The van der Waals surface area contributed by atoms with Crippen molar-refractivity contribution in [3.63, 3.8) is 0 Å². The molecular weight excluding hydrogens is 232 g/mol. The molecule has 0 saturated heterocycles. The molecule has 0 aromatic rings. The molecule has 1 heteroatoms. The van der Waals surface area contributed by atoms with Gasteiger partial charge in [0.2, 0.25) is 0 Å². The van der Waals surface area contributed by atoms with Crippen molar-refractivity contribution < 1.29 is 5.11 Å². The standard InChI is InChI=1S/C10H22.C5H11O.C3H6/c1-3-5-7-9-10-8-6-4-2;1-2-3-4-5-6;1-3-2/h3-10H2,1-2H3;2-5H2,1H3;3H,1H2,2H3. The zero-order valence-corrected chi connectivity index (χ0v) is 14.2. The van der Waals surface area contributed by atoms with Gasteiger partial charge < -0.3 is 0 Å². The van der Waals surface area contributed by atoms with Crippen molar-refractivity contribution in [1.29, 1.82) is 0 Å². The molecule has 0 aromatic carbocycles. The van der Waals surface area contributed by atoms with Crippen LogP contribution in [0, 0.1) is 0 Å². The second kappa shape index (κ2) is 30.6. The summed E-state index contributed by atoms with van der Waals surface area (Å²) < 4.78 is 0. The van der Waals surface area contributed by atoms with Gasteiger partial charge in [-0.3, -0.25) is 0 Å². The highest BCUT2D eigenvalue weighted by molar-refractivity contribution is 4.51. The van der Waals surface area contributed by atoms with Gasteiger partial charge in [-0.15, -0.1) is 6.58 Å². The van der Waals surface area contributed by atoms with Gasteiger partial charge in [0.25, 0.3) is 0 Å². The molecule has 0 aliphatic rings. The van der Waals surface area contributed by atoms with Crippen LogP contribution in [0.2, 0.25) is 0 Å². The lowest BCUT2D eigenvalue weighted by molar-refractivity contribution is 0.186. The number of hydrogen-bond donors (Lipinski definition) is 0. The molecule has 0 fully saturated rings. The van der Waals surface area contributed by atoms with Gasteiger partial charge in [0.1, 0.15) is 0 Å². The summed E-state index contributed by atoms with van der Waals surface area (Å²) in [6.07, 6.45) is 16.3. The Kier molecular flexibility index (Phi) is 38.3. The van der Waals surface area contributed by atoms with E-state index in [4.69, 9.17) is 0 Å². The van der Waals surface area contributed by atoms with Gasteiger partial charge in [-0.2, -0.15) is 0 Å². The number of rotatable bonds is 10. The van der Waals surface area contributed by atoms with Gasteiger partial charge in [0, 0.05) is 0 Å².